The second-order valence-electron chi connectivity index (χ2n) is 3.82. The van der Waals surface area contributed by atoms with Crippen LogP contribution in [0.3, 0.4) is 0 Å². The molecule has 0 spiro atoms. The number of benzene rings is 2. The minimum atomic E-state index is -3.45. The highest BCUT2D eigenvalue weighted by Crippen LogP contribution is 2.33. The predicted molar refractivity (Wildman–Crippen MR) is 77.7 cm³/mol. The molecular formula is C13H14N2O2S2. The van der Waals surface area contributed by atoms with Crippen molar-refractivity contribution in [2.24, 2.45) is 0 Å². The molecule has 0 amide bonds. The maximum Gasteiger partial charge on any atom is 0.240 e. The van der Waals surface area contributed by atoms with Gasteiger partial charge in [0, 0.05) is 15.5 Å². The van der Waals surface area contributed by atoms with Gasteiger partial charge in [-0.25, -0.2) is 13.1 Å². The molecule has 0 fully saturated rings. The van der Waals surface area contributed by atoms with E-state index < -0.39 is 10.0 Å². The molecule has 0 aromatic heterocycles. The smallest absolute Gasteiger partial charge is 0.240 e. The minimum absolute atomic E-state index is 0.211. The van der Waals surface area contributed by atoms with Crippen LogP contribution in [-0.4, -0.2) is 15.5 Å². The van der Waals surface area contributed by atoms with Crippen LogP contribution in [0.1, 0.15) is 0 Å². The van der Waals surface area contributed by atoms with Gasteiger partial charge in [0.2, 0.25) is 10.0 Å². The topological polar surface area (TPSA) is 72.2 Å². The summed E-state index contributed by atoms with van der Waals surface area (Å²) in [7, 11) is -2.06. The quantitative estimate of drug-likeness (QED) is 0.849. The Hall–Kier alpha value is -1.50. The van der Waals surface area contributed by atoms with Crippen molar-refractivity contribution in [1.82, 2.24) is 4.72 Å². The molecule has 0 heterocycles. The molecule has 2 aromatic rings. The van der Waals surface area contributed by atoms with E-state index in [1.54, 1.807) is 12.1 Å². The van der Waals surface area contributed by atoms with Gasteiger partial charge in [0.05, 0.1) is 4.90 Å². The van der Waals surface area contributed by atoms with Crippen LogP contribution in [0.5, 0.6) is 0 Å². The fourth-order valence-electron chi connectivity index (χ4n) is 1.50. The van der Waals surface area contributed by atoms with Gasteiger partial charge < -0.3 is 5.73 Å². The first-order valence-electron chi connectivity index (χ1n) is 5.59. The lowest BCUT2D eigenvalue weighted by atomic mass is 10.3. The fraction of sp³-hybridized carbons (Fsp3) is 0.0769. The summed E-state index contributed by atoms with van der Waals surface area (Å²) < 4.78 is 25.8. The van der Waals surface area contributed by atoms with E-state index in [9.17, 15) is 8.42 Å². The van der Waals surface area contributed by atoms with Gasteiger partial charge in [-0.15, -0.1) is 0 Å². The van der Waals surface area contributed by atoms with Gasteiger partial charge in [-0.1, -0.05) is 30.0 Å². The molecule has 0 saturated carbocycles. The van der Waals surface area contributed by atoms with Crippen molar-refractivity contribution < 1.29 is 8.42 Å². The molecule has 0 saturated heterocycles. The molecule has 0 aliphatic rings. The molecular weight excluding hydrogens is 280 g/mol. The maximum absolute atomic E-state index is 11.8. The summed E-state index contributed by atoms with van der Waals surface area (Å²) in [4.78, 5) is 1.94. The summed E-state index contributed by atoms with van der Waals surface area (Å²) in [5, 5.41) is 0. The fourth-order valence-corrected chi connectivity index (χ4v) is 3.25. The Bertz CT molecular complexity index is 670. The lowest BCUT2D eigenvalue weighted by Gasteiger charge is -2.08. The van der Waals surface area contributed by atoms with E-state index >= 15 is 0 Å². The normalized spacial score (nSPS) is 11.4. The summed E-state index contributed by atoms with van der Waals surface area (Å²) in [5.74, 6) is 0. The lowest BCUT2D eigenvalue weighted by molar-refractivity contribution is 0.588. The summed E-state index contributed by atoms with van der Waals surface area (Å²) in [5.41, 5.74) is 6.45. The Balaban J connectivity index is 2.38. The number of sulfonamides is 1. The third kappa shape index (κ3) is 3.28. The molecule has 19 heavy (non-hydrogen) atoms. The lowest BCUT2D eigenvalue weighted by Crippen LogP contribution is -2.18. The number of anilines is 1. The summed E-state index contributed by atoms with van der Waals surface area (Å²) in [6, 6.07) is 14.4. The van der Waals surface area contributed by atoms with Gasteiger partial charge in [0.25, 0.3) is 0 Å². The SMILES string of the molecule is CNS(=O)(=O)c1ccc(N)c(Sc2ccccc2)c1. The van der Waals surface area contributed by atoms with E-state index in [0.29, 0.717) is 5.69 Å². The predicted octanol–water partition coefficient (Wildman–Crippen LogP) is 2.33. The summed E-state index contributed by atoms with van der Waals surface area (Å²) >= 11 is 1.44. The Morgan fingerprint density at radius 1 is 1.11 bits per heavy atom. The highest BCUT2D eigenvalue weighted by molar-refractivity contribution is 7.99. The van der Waals surface area contributed by atoms with E-state index in [1.807, 2.05) is 30.3 Å². The molecule has 2 aromatic carbocycles. The average Bonchev–Trinajstić information content (AvgIpc) is 2.42. The van der Waals surface area contributed by atoms with Crippen LogP contribution in [0.2, 0.25) is 0 Å². The highest BCUT2D eigenvalue weighted by Gasteiger charge is 2.13. The first kappa shape index (κ1) is 13.9. The molecule has 0 radical (unpaired) electrons. The van der Waals surface area contributed by atoms with E-state index in [4.69, 9.17) is 5.73 Å². The van der Waals surface area contributed by atoms with E-state index in [-0.39, 0.29) is 4.90 Å². The molecule has 0 bridgehead atoms. The van der Waals surface area contributed by atoms with Crippen molar-refractivity contribution >= 4 is 27.5 Å². The number of rotatable bonds is 4. The molecule has 2 rings (SSSR count). The summed E-state index contributed by atoms with van der Waals surface area (Å²) in [6.07, 6.45) is 0. The Kier molecular flexibility index (Phi) is 4.14. The molecule has 0 atom stereocenters. The Morgan fingerprint density at radius 3 is 2.42 bits per heavy atom. The highest BCUT2D eigenvalue weighted by atomic mass is 32.2. The van der Waals surface area contributed by atoms with Crippen LogP contribution in [0.15, 0.2) is 63.2 Å². The van der Waals surface area contributed by atoms with Crippen molar-refractivity contribution in [2.75, 3.05) is 12.8 Å². The van der Waals surface area contributed by atoms with Gasteiger partial charge in [-0.3, -0.25) is 0 Å². The van der Waals surface area contributed by atoms with Gasteiger partial charge in [0.1, 0.15) is 0 Å². The van der Waals surface area contributed by atoms with Crippen LogP contribution < -0.4 is 10.5 Å². The first-order valence-corrected chi connectivity index (χ1v) is 7.89. The standard InChI is InChI=1S/C13H14N2O2S2/c1-15-19(16,17)11-7-8-12(14)13(9-11)18-10-5-3-2-4-6-10/h2-9,15H,14H2,1H3. The van der Waals surface area contributed by atoms with Gasteiger partial charge in [-0.2, -0.15) is 0 Å². The Labute approximate surface area is 117 Å². The third-order valence-corrected chi connectivity index (χ3v) is 5.03. The van der Waals surface area contributed by atoms with Crippen LogP contribution in [0.4, 0.5) is 5.69 Å². The van der Waals surface area contributed by atoms with Crippen molar-refractivity contribution in [2.45, 2.75) is 14.7 Å². The maximum atomic E-state index is 11.8. The van der Waals surface area contributed by atoms with E-state index in [0.717, 1.165) is 9.79 Å². The van der Waals surface area contributed by atoms with Crippen molar-refractivity contribution in [3.63, 3.8) is 0 Å². The first-order chi connectivity index (χ1) is 9.03. The second-order valence-corrected chi connectivity index (χ2v) is 6.82. The molecule has 3 N–H and O–H groups in total. The van der Waals surface area contributed by atoms with Crippen molar-refractivity contribution in [3.8, 4) is 0 Å². The zero-order valence-corrected chi connectivity index (χ0v) is 12.0. The largest absolute Gasteiger partial charge is 0.398 e. The molecule has 4 nitrogen and oxygen atoms in total. The summed E-state index contributed by atoms with van der Waals surface area (Å²) in [6.45, 7) is 0. The van der Waals surface area contributed by atoms with Crippen LogP contribution in [0.25, 0.3) is 0 Å². The molecule has 6 heteroatoms. The molecule has 100 valence electrons. The Morgan fingerprint density at radius 2 is 1.79 bits per heavy atom. The van der Waals surface area contributed by atoms with Crippen molar-refractivity contribution in [1.29, 1.82) is 0 Å². The number of nitrogens with two attached hydrogens (primary N) is 1. The zero-order valence-electron chi connectivity index (χ0n) is 10.3. The van der Waals surface area contributed by atoms with Gasteiger partial charge in [0.15, 0.2) is 0 Å². The van der Waals surface area contributed by atoms with Crippen LogP contribution >= 0.6 is 11.8 Å². The number of nitrogen functional groups attached to an aromatic ring is 1. The zero-order chi connectivity index (χ0) is 13.9. The van der Waals surface area contributed by atoms with E-state index in [2.05, 4.69) is 4.72 Å². The second kappa shape index (κ2) is 5.64. The molecule has 0 unspecified atom stereocenters. The van der Waals surface area contributed by atoms with Crippen LogP contribution in [-0.2, 0) is 10.0 Å². The van der Waals surface area contributed by atoms with Gasteiger partial charge in [-0.05, 0) is 37.4 Å². The molecule has 0 aliphatic heterocycles. The van der Waals surface area contributed by atoms with Crippen LogP contribution in [0, 0.1) is 0 Å². The number of nitrogens with one attached hydrogen (secondary N) is 1. The van der Waals surface area contributed by atoms with Gasteiger partial charge >= 0.3 is 0 Å². The molecule has 0 aliphatic carbocycles. The van der Waals surface area contributed by atoms with Crippen molar-refractivity contribution in [3.05, 3.63) is 48.5 Å². The average molecular weight is 294 g/mol. The number of hydrogen-bond donors (Lipinski definition) is 2. The van der Waals surface area contributed by atoms with E-state index in [1.165, 1.54) is 24.9 Å². The minimum Gasteiger partial charge on any atom is -0.398 e. The number of hydrogen-bond acceptors (Lipinski definition) is 4. The monoisotopic (exact) mass is 294 g/mol. The third-order valence-electron chi connectivity index (χ3n) is 2.54.